The normalized spacial score (nSPS) is 12.5. The fraction of sp³-hybridized carbons (Fsp3) is 0.0667. The van der Waals surface area contributed by atoms with Gasteiger partial charge in [0, 0.05) is 11.1 Å². The lowest BCUT2D eigenvalue weighted by Crippen LogP contribution is -2.10. The maximum Gasteiger partial charge on any atom is 0.267 e. The number of hydrogen-bond donors (Lipinski definition) is 3. The van der Waals surface area contributed by atoms with Gasteiger partial charge in [0.15, 0.2) is 10.8 Å². The van der Waals surface area contributed by atoms with Gasteiger partial charge >= 0.3 is 0 Å². The van der Waals surface area contributed by atoms with E-state index in [9.17, 15) is 5.11 Å². The summed E-state index contributed by atoms with van der Waals surface area (Å²) in [6.07, 6.45) is 2.63. The Hall–Kier alpha value is 6.31. The molecule has 380 valence electrons. The molecule has 11 nitrogen and oxygen atoms in total. The Bertz CT molecular complexity index is 2410. The predicted molar refractivity (Wildman–Crippen MR) is 393 cm³/mol. The number of benzene rings is 3. The molecule has 0 saturated carbocycles. The van der Waals surface area contributed by atoms with Crippen LogP contribution in [-0.2, 0) is 0 Å². The fourth-order valence-corrected chi connectivity index (χ4v) is 357. The van der Waals surface area contributed by atoms with E-state index in [1.165, 1.54) is 19.8 Å². The third kappa shape index (κ3) is 22.8. The monoisotopic (exact) mass is 1480 g/mol. The SMILES string of the molecule is Cc1ccc(-c2ncnc(Oc3ccc(C(=N)N)cc3)c2O)cc1.PP(P)P(P)P(P(P(P)P)P(P)P)P(P(P(P)P)P(P)P)P(P(P)P)P(P)P.[C-]#[N+]c1ccc(Oc2ncnc(Cl)c2OC)cc1. The van der Waals surface area contributed by atoms with Gasteiger partial charge in [-0.3, -0.25) is 5.41 Å². The Balaban J connectivity index is 0.000000283. The van der Waals surface area contributed by atoms with Gasteiger partial charge in [-0.05, 0) is 134 Å². The molecule has 0 aliphatic rings. The lowest BCUT2D eigenvalue weighted by atomic mass is 10.1. The van der Waals surface area contributed by atoms with E-state index in [4.69, 9.17) is 43.5 Å². The number of nitrogens with zero attached hydrogens (tertiary/aromatic N) is 5. The molecule has 40 heteroatoms. The van der Waals surface area contributed by atoms with Gasteiger partial charge in [0.25, 0.3) is 11.8 Å². The molecule has 0 saturated heterocycles. The van der Waals surface area contributed by atoms with Crippen molar-refractivity contribution in [1.82, 2.24) is 19.9 Å². The van der Waals surface area contributed by atoms with E-state index in [-0.39, 0.29) is 125 Å². The summed E-state index contributed by atoms with van der Waals surface area (Å²) < 4.78 is 16.2. The van der Waals surface area contributed by atoms with Gasteiger partial charge in [0.05, 0.1) is 13.7 Å². The van der Waals surface area contributed by atoms with Crippen LogP contribution in [-0.4, -0.2) is 38.0 Å². The summed E-state index contributed by atoms with van der Waals surface area (Å²) in [6.45, 7) is 8.84. The number of methoxy groups -OCH3 is 1. The number of nitrogens with one attached hydrogen (secondary N) is 1. The molecule has 0 amide bonds. The minimum atomic E-state index is -0.128. The van der Waals surface area contributed by atoms with Crippen LogP contribution in [0.25, 0.3) is 16.1 Å². The van der Waals surface area contributed by atoms with E-state index in [1.54, 1.807) is 48.5 Å². The Kier molecular flexibility index (Phi) is 37.1. The molecule has 0 aliphatic carbocycles. The molecule has 17 unspecified atom stereocenters. The maximum absolute atomic E-state index is 10.4. The number of amidine groups is 1. The molecule has 4 N–H and O–H groups in total. The van der Waals surface area contributed by atoms with Gasteiger partial charge in [-0.25, -0.2) is 14.8 Å². The number of hydrogen-bond acceptors (Lipinski definition) is 9. The average molecular weight is 1480 g/mol. The number of nitrogens with two attached hydrogens (primary N) is 1. The molecule has 5 aromatic rings. The van der Waals surface area contributed by atoms with Crippen molar-refractivity contribution in [1.29, 1.82) is 5.41 Å². The van der Waals surface area contributed by atoms with E-state index < -0.39 is 0 Å². The molecule has 2 aromatic heterocycles. The zero-order valence-electron chi connectivity index (χ0n) is 36.9. The van der Waals surface area contributed by atoms with Crippen LogP contribution >= 0.6 is 236 Å². The molecule has 3 aromatic carbocycles. The smallest absolute Gasteiger partial charge is 0.267 e. The van der Waals surface area contributed by atoms with Crippen molar-refractivity contribution in [3.05, 3.63) is 113 Å². The first kappa shape index (κ1) is 70.6. The number of nitrogen functional groups attached to an aromatic ring is 1. The van der Waals surface area contributed by atoms with Crippen molar-refractivity contribution in [2.45, 2.75) is 6.92 Å². The van der Waals surface area contributed by atoms with Crippen LogP contribution < -0.4 is 19.9 Å². The second-order valence-electron chi connectivity index (χ2n) is 12.8. The van der Waals surface area contributed by atoms with Crippen LogP contribution in [0.15, 0.2) is 85.5 Å². The highest BCUT2D eigenvalue weighted by Crippen LogP contribution is 3.37. The lowest BCUT2D eigenvalue weighted by Gasteiger charge is -2.51. The average Bonchev–Trinajstić information content (AvgIpc) is 3.29. The van der Waals surface area contributed by atoms with Crippen LogP contribution in [0.5, 0.6) is 34.8 Å². The number of halogens is 1. The van der Waals surface area contributed by atoms with Gasteiger partial charge in [-0.1, -0.05) is 53.6 Å². The highest BCUT2D eigenvalue weighted by atomic mass is 35.5. The van der Waals surface area contributed by atoms with Crippen molar-refractivity contribution in [2.75, 3.05) is 7.11 Å². The Morgan fingerprint density at radius 1 is 0.600 bits per heavy atom. The fourth-order valence-electron chi connectivity index (χ4n) is 4.91. The quantitative estimate of drug-likeness (QED) is 0.0241. The summed E-state index contributed by atoms with van der Waals surface area (Å²) in [5.41, 5.74) is 8.84. The zero-order chi connectivity index (χ0) is 52.6. The molecule has 70 heavy (non-hydrogen) atoms. The van der Waals surface area contributed by atoms with Gasteiger partial charge in [0.2, 0.25) is 11.5 Å². The Labute approximate surface area is 467 Å². The summed E-state index contributed by atoms with van der Waals surface area (Å²) >= 11 is 5.85. The number of aromatic nitrogens is 4. The molecule has 5 rings (SSSR count). The standard InChI is InChI=1S/C18H16N4O2.C12H8ClN3O2.H30P28/c1-11-2-4-12(5-3-11)15-16(23)18(22-10-21-15)24-14-8-6-13(7-9-14)17(19)20;1-14-8-3-5-9(6-4-8)18-12-10(17-2)11(13)15-7-16-12;1-16(2)23(15)27(24(17(3)4)18(5)6)28(25(19(7)8)20(9)10)26(21(11)12)22(13)14/h2-10,23H,1H3,(H3,19,20);3-7H,2H3;1-15H2. The van der Waals surface area contributed by atoms with Gasteiger partial charge < -0.3 is 25.1 Å². The summed E-state index contributed by atoms with van der Waals surface area (Å²) in [5.74, 6) is 1.43. The van der Waals surface area contributed by atoms with Crippen LogP contribution in [0.2, 0.25) is 5.15 Å². The molecule has 0 aliphatic heterocycles. The first-order chi connectivity index (χ1) is 32.9. The van der Waals surface area contributed by atoms with Crippen LogP contribution in [0, 0.1) is 18.9 Å². The van der Waals surface area contributed by atoms with E-state index in [0.29, 0.717) is 28.4 Å². The van der Waals surface area contributed by atoms with Crippen molar-refractivity contribution >= 4 is 248 Å². The van der Waals surface area contributed by atoms with E-state index in [0.717, 1.165) is 11.1 Å². The second kappa shape index (κ2) is 36.8. The van der Waals surface area contributed by atoms with Crippen molar-refractivity contribution in [3.8, 4) is 46.0 Å². The first-order valence-electron chi connectivity index (χ1n) is 18.5. The van der Waals surface area contributed by atoms with E-state index in [1.807, 2.05) is 31.2 Å². The highest BCUT2D eigenvalue weighted by molar-refractivity contribution is 9.42. The number of aromatic hydroxyl groups is 1. The maximum atomic E-state index is 10.4. The molecule has 0 bridgehead atoms. The third-order valence-corrected chi connectivity index (χ3v) is 192. The number of aryl methyl sites for hydroxylation is 1. The van der Waals surface area contributed by atoms with Crippen LogP contribution in [0.4, 0.5) is 5.69 Å². The molecule has 0 radical (unpaired) electrons. The van der Waals surface area contributed by atoms with Gasteiger partial charge in [-0.15, -0.1) is 134 Å². The van der Waals surface area contributed by atoms with Crippen LogP contribution in [0.3, 0.4) is 0 Å². The molecule has 2 heterocycles. The first-order valence-corrected chi connectivity index (χ1v) is 69.1. The lowest BCUT2D eigenvalue weighted by molar-refractivity contribution is 0.367. The number of ether oxygens (including phenoxy) is 3. The Morgan fingerprint density at radius 2 is 1.03 bits per heavy atom. The van der Waals surface area contributed by atoms with Gasteiger partial charge in [-0.2, -0.15) is 9.97 Å². The van der Waals surface area contributed by atoms with Crippen molar-refractivity contribution < 1.29 is 19.3 Å². The molecular weight excluding hydrogens is 1430 g/mol. The van der Waals surface area contributed by atoms with Crippen LogP contribution in [0.1, 0.15) is 11.1 Å². The minimum Gasteiger partial charge on any atom is -0.502 e. The molecule has 0 spiro atoms. The van der Waals surface area contributed by atoms with Crippen molar-refractivity contribution in [2.24, 2.45) is 5.73 Å². The minimum absolute atomic E-state index is 0.00189. The summed E-state index contributed by atoms with van der Waals surface area (Å²) in [7, 11) is 50.4. The van der Waals surface area contributed by atoms with Crippen molar-refractivity contribution in [3.63, 3.8) is 0 Å². The third-order valence-electron chi connectivity index (χ3n) is 7.90. The topological polar surface area (TPSA) is 154 Å². The van der Waals surface area contributed by atoms with E-state index >= 15 is 0 Å². The number of rotatable bonds is 19. The summed E-state index contributed by atoms with van der Waals surface area (Å²) in [5, 5.41) is 18.0. The second-order valence-corrected chi connectivity index (χ2v) is 126. The zero-order valence-corrected chi connectivity index (χ0v) is 66.6. The largest absolute Gasteiger partial charge is 0.502 e. The van der Waals surface area contributed by atoms with E-state index in [2.05, 4.69) is 159 Å². The Morgan fingerprint density at radius 3 is 1.46 bits per heavy atom. The van der Waals surface area contributed by atoms with Gasteiger partial charge in [0.1, 0.15) is 35.7 Å². The summed E-state index contributed by atoms with van der Waals surface area (Å²) in [6, 6.07) is 20.9. The predicted octanol–water partition coefficient (Wildman–Crippen LogP) is 22.8. The molecule has 0 fully saturated rings. The molecule has 17 atom stereocenters. The molecular formula is C30H54ClN7O4P28. The summed E-state index contributed by atoms with van der Waals surface area (Å²) in [4.78, 5) is 19.1. The highest BCUT2D eigenvalue weighted by Gasteiger charge is 2.49.